The molecule has 9 atom stereocenters. The van der Waals surface area contributed by atoms with E-state index in [1.54, 1.807) is 50.2 Å². The number of nitro groups is 1. The van der Waals surface area contributed by atoms with Gasteiger partial charge in [0.25, 0.3) is 6.17 Å². The number of hydrogen-bond acceptors (Lipinski definition) is 9. The maximum absolute atomic E-state index is 14.0. The van der Waals surface area contributed by atoms with E-state index in [0.717, 1.165) is 23.1 Å². The number of hydrogen-bond donors (Lipinski definition) is 3. The minimum absolute atomic E-state index is 0.0437. The summed E-state index contributed by atoms with van der Waals surface area (Å²) < 4.78 is 5.89. The second-order valence-electron chi connectivity index (χ2n) is 14.0. The highest BCUT2D eigenvalue weighted by atomic mass is 16.7. The molecule has 1 aliphatic heterocycles. The molecule has 0 radical (unpaired) electrons. The molecule has 11 nitrogen and oxygen atoms in total. The number of ether oxygens (including phenoxy) is 1. The summed E-state index contributed by atoms with van der Waals surface area (Å²) >= 11 is 0. The third kappa shape index (κ3) is 6.08. The highest BCUT2D eigenvalue weighted by Gasteiger charge is 2.57. The maximum atomic E-state index is 14.0. The summed E-state index contributed by atoms with van der Waals surface area (Å²) in [4.78, 5) is 33.1. The Morgan fingerprint density at radius 3 is 2.44 bits per heavy atom. The molecule has 3 aliphatic carbocycles. The van der Waals surface area contributed by atoms with E-state index in [1.807, 2.05) is 30.3 Å². The highest BCUT2D eigenvalue weighted by molar-refractivity contribution is 5.83. The van der Waals surface area contributed by atoms with Crippen LogP contribution in [0, 0.1) is 39.2 Å². The fourth-order valence-electron chi connectivity index (χ4n) is 8.27. The second-order valence-corrected chi connectivity index (χ2v) is 14.0. The molecule has 1 unspecified atom stereocenters. The Kier molecular flexibility index (Phi) is 9.58. The highest BCUT2D eigenvalue weighted by Crippen LogP contribution is 2.61. The van der Waals surface area contributed by atoms with E-state index in [4.69, 9.17) is 9.57 Å². The van der Waals surface area contributed by atoms with Gasteiger partial charge in [0, 0.05) is 33.6 Å². The van der Waals surface area contributed by atoms with Gasteiger partial charge in [-0.1, -0.05) is 63.2 Å². The number of benzene rings is 2. The first-order chi connectivity index (χ1) is 21.3. The molecule has 1 heterocycles. The van der Waals surface area contributed by atoms with Crippen LogP contribution in [0.3, 0.4) is 0 Å². The number of para-hydroxylation sites is 1. The molecule has 0 aromatic heterocycles. The van der Waals surface area contributed by atoms with E-state index in [2.05, 4.69) is 26.1 Å². The van der Waals surface area contributed by atoms with E-state index in [9.17, 15) is 25.1 Å². The van der Waals surface area contributed by atoms with Crippen molar-refractivity contribution >= 4 is 5.91 Å². The van der Waals surface area contributed by atoms with Gasteiger partial charge < -0.3 is 20.3 Å². The molecule has 6 rings (SSSR count). The summed E-state index contributed by atoms with van der Waals surface area (Å²) in [5.41, 5.74) is 3.21. The molecule has 45 heavy (non-hydrogen) atoms. The average Bonchev–Trinajstić information content (AvgIpc) is 3.36. The molecular formula is C34H48N4O7. The molecule has 2 aromatic rings. The van der Waals surface area contributed by atoms with Crippen molar-refractivity contribution in [2.75, 3.05) is 27.8 Å². The Labute approximate surface area is 265 Å². The van der Waals surface area contributed by atoms with Crippen molar-refractivity contribution in [2.45, 2.75) is 77.5 Å². The van der Waals surface area contributed by atoms with Crippen LogP contribution in [-0.4, -0.2) is 83.1 Å². The van der Waals surface area contributed by atoms with Gasteiger partial charge in [0.1, 0.15) is 17.9 Å². The number of hydroxylamine groups is 2. The van der Waals surface area contributed by atoms with E-state index >= 15 is 0 Å². The first-order valence-corrected chi connectivity index (χ1v) is 15.9. The van der Waals surface area contributed by atoms with Gasteiger partial charge in [-0.3, -0.25) is 19.7 Å². The number of aliphatic hydroxyl groups is 2. The van der Waals surface area contributed by atoms with Crippen LogP contribution in [0.4, 0.5) is 0 Å². The van der Waals surface area contributed by atoms with Crippen molar-refractivity contribution in [3.63, 3.8) is 0 Å². The van der Waals surface area contributed by atoms with Gasteiger partial charge in [-0.25, -0.2) is 4.90 Å². The molecule has 3 saturated carbocycles. The van der Waals surface area contributed by atoms with Gasteiger partial charge in [0.15, 0.2) is 0 Å². The smallest absolute Gasteiger partial charge is 0.293 e. The number of amides is 1. The van der Waals surface area contributed by atoms with Crippen molar-refractivity contribution < 1.29 is 29.5 Å². The van der Waals surface area contributed by atoms with E-state index in [1.165, 1.54) is 6.42 Å². The SMILES string of the molecule is COc1c(CN2O[C@@H](CO)[C@H]([C@H](C)O)[C@H]2C(=O)N[C@H]2C[C@H]3C[C@@H]([C@@H]2C)C3(C)C)cccc1-c1ccc(C(N(C)C)[N+](=O)[O-])cc1. The van der Waals surface area contributed by atoms with Crippen LogP contribution in [0.15, 0.2) is 42.5 Å². The number of rotatable bonds is 11. The third-order valence-corrected chi connectivity index (χ3v) is 10.9. The normalized spacial score (nSPS) is 30.4. The van der Waals surface area contributed by atoms with Crippen LogP contribution in [0.1, 0.15) is 57.8 Å². The molecule has 0 spiro atoms. The van der Waals surface area contributed by atoms with Crippen LogP contribution in [-0.2, 0) is 16.2 Å². The lowest BCUT2D eigenvalue weighted by Gasteiger charge is -2.62. The van der Waals surface area contributed by atoms with Gasteiger partial charge in [-0.05, 0) is 62.6 Å². The fourth-order valence-corrected chi connectivity index (χ4v) is 8.27. The monoisotopic (exact) mass is 624 g/mol. The summed E-state index contributed by atoms with van der Waals surface area (Å²) in [5, 5.41) is 37.5. The zero-order valence-corrected chi connectivity index (χ0v) is 27.3. The second kappa shape index (κ2) is 13.0. The molecule has 4 fully saturated rings. The van der Waals surface area contributed by atoms with Gasteiger partial charge in [0.2, 0.25) is 5.91 Å². The van der Waals surface area contributed by atoms with Crippen molar-refractivity contribution in [1.29, 1.82) is 0 Å². The molecule has 246 valence electrons. The van der Waals surface area contributed by atoms with Crippen LogP contribution < -0.4 is 10.1 Å². The van der Waals surface area contributed by atoms with Gasteiger partial charge in [0.05, 0.1) is 26.4 Å². The number of nitrogens with zero attached hydrogens (tertiary/aromatic N) is 3. The van der Waals surface area contributed by atoms with Crippen LogP contribution in [0.25, 0.3) is 11.1 Å². The predicted molar refractivity (Wildman–Crippen MR) is 169 cm³/mol. The lowest BCUT2D eigenvalue weighted by molar-refractivity contribution is -0.555. The lowest BCUT2D eigenvalue weighted by atomic mass is 9.45. The first-order valence-electron chi connectivity index (χ1n) is 15.9. The van der Waals surface area contributed by atoms with Crippen LogP contribution >= 0.6 is 0 Å². The Hall–Kier alpha value is -3.09. The number of aliphatic hydroxyl groups excluding tert-OH is 2. The van der Waals surface area contributed by atoms with Gasteiger partial charge >= 0.3 is 0 Å². The molecule has 3 N–H and O–H groups in total. The van der Waals surface area contributed by atoms with Crippen LogP contribution in [0.2, 0.25) is 0 Å². The number of methoxy groups -OCH3 is 1. The van der Waals surface area contributed by atoms with Crippen molar-refractivity contribution in [3.8, 4) is 16.9 Å². The predicted octanol–water partition coefficient (Wildman–Crippen LogP) is 3.86. The molecular weight excluding hydrogens is 576 g/mol. The van der Waals surface area contributed by atoms with E-state index in [0.29, 0.717) is 29.1 Å². The first kappa shape index (κ1) is 33.3. The largest absolute Gasteiger partial charge is 0.496 e. The molecule has 4 aliphatic rings. The summed E-state index contributed by atoms with van der Waals surface area (Å²) in [6.07, 6.45) is -0.468. The number of carbonyl (C=O) groups is 1. The van der Waals surface area contributed by atoms with Gasteiger partial charge in [-0.2, -0.15) is 5.06 Å². The topological polar surface area (TPSA) is 138 Å². The van der Waals surface area contributed by atoms with Gasteiger partial charge in [-0.15, -0.1) is 0 Å². The fraction of sp³-hybridized carbons (Fsp3) is 0.618. The number of fused-ring (bicyclic) bond motifs is 2. The molecule has 1 amide bonds. The number of nitrogens with one attached hydrogen (secondary N) is 1. The average molecular weight is 625 g/mol. The van der Waals surface area contributed by atoms with Crippen molar-refractivity contribution in [2.24, 2.45) is 29.1 Å². The van der Waals surface area contributed by atoms with Crippen molar-refractivity contribution in [3.05, 3.63) is 63.7 Å². The molecule has 11 heteroatoms. The summed E-state index contributed by atoms with van der Waals surface area (Å²) in [5.74, 6) is 1.21. The Morgan fingerprint density at radius 2 is 1.91 bits per heavy atom. The van der Waals surface area contributed by atoms with Crippen LogP contribution in [0.5, 0.6) is 5.75 Å². The minimum Gasteiger partial charge on any atom is -0.496 e. The Morgan fingerprint density at radius 1 is 1.22 bits per heavy atom. The van der Waals surface area contributed by atoms with Crippen molar-refractivity contribution in [1.82, 2.24) is 15.3 Å². The zero-order valence-electron chi connectivity index (χ0n) is 27.3. The lowest BCUT2D eigenvalue weighted by Crippen LogP contribution is -2.62. The quantitative estimate of drug-likeness (QED) is 0.193. The van der Waals surface area contributed by atoms with E-state index < -0.39 is 30.3 Å². The third-order valence-electron chi connectivity index (χ3n) is 10.9. The maximum Gasteiger partial charge on any atom is 0.293 e. The summed E-state index contributed by atoms with van der Waals surface area (Å²) in [6.45, 7) is 8.34. The molecule has 2 aromatic carbocycles. The Bertz CT molecular complexity index is 1380. The summed E-state index contributed by atoms with van der Waals surface area (Å²) in [6, 6.07) is 12.1. The zero-order chi connectivity index (χ0) is 32.8. The standard InChI is InChI=1S/C34H48N4O7/c1-19-26-15-24(34(26,3)4)16-27(19)35-32(41)30-29(20(2)40)28(18-39)45-37(30)17-23-9-8-10-25(31(23)44-7)21-11-13-22(14-12-21)33(36(5)6)38(42)43/h8-14,19-20,24,26-30,33,39-40H,15-18H2,1-7H3,(H,35,41)/t19-,20-,24+,26-,27-,28-,29-,30-,33?/m0/s1. The molecule has 1 saturated heterocycles. The minimum atomic E-state index is -0.960. The number of carbonyl (C=O) groups excluding carboxylic acids is 1. The Balaban J connectivity index is 1.41. The van der Waals surface area contributed by atoms with E-state index in [-0.39, 0.29) is 35.4 Å². The molecule has 2 bridgehead atoms. The summed E-state index contributed by atoms with van der Waals surface area (Å²) in [7, 11) is 4.92.